The van der Waals surface area contributed by atoms with E-state index in [-0.39, 0.29) is 18.1 Å². The van der Waals surface area contributed by atoms with Crippen LogP contribution in [0.2, 0.25) is 0 Å². The molecule has 100 valence electrons. The number of hydrogen-bond donors (Lipinski definition) is 1. The molecule has 0 saturated carbocycles. The third-order valence-electron chi connectivity index (χ3n) is 2.68. The summed E-state index contributed by atoms with van der Waals surface area (Å²) in [7, 11) is 0. The van der Waals surface area contributed by atoms with Crippen LogP contribution < -0.4 is 5.32 Å². The Balaban J connectivity index is 2.52. The largest absolute Gasteiger partial charge is 0.466 e. The third-order valence-corrected chi connectivity index (χ3v) is 3.41. The molecule has 0 aliphatic carbocycles. The van der Waals surface area contributed by atoms with Crippen molar-refractivity contribution >= 4 is 21.9 Å². The molecule has 4 heteroatoms. The van der Waals surface area contributed by atoms with E-state index in [9.17, 15) is 4.79 Å². The highest BCUT2D eigenvalue weighted by atomic mass is 79.9. The summed E-state index contributed by atoms with van der Waals surface area (Å²) in [6.07, 6.45) is 0.392. The number of hydrogen-bond acceptors (Lipinski definition) is 3. The Morgan fingerprint density at radius 1 is 1.39 bits per heavy atom. The summed E-state index contributed by atoms with van der Waals surface area (Å²) in [6.45, 7) is 6.33. The summed E-state index contributed by atoms with van der Waals surface area (Å²) >= 11 is 3.53. The Morgan fingerprint density at radius 2 is 2.06 bits per heavy atom. The Kier molecular flexibility index (Phi) is 6.36. The maximum Gasteiger partial charge on any atom is 0.307 e. The van der Waals surface area contributed by atoms with Gasteiger partial charge in [-0.15, -0.1) is 0 Å². The fourth-order valence-electron chi connectivity index (χ4n) is 1.87. The van der Waals surface area contributed by atoms with E-state index in [1.807, 2.05) is 32.0 Å². The molecule has 0 amide bonds. The molecule has 0 radical (unpaired) electrons. The van der Waals surface area contributed by atoms with E-state index in [4.69, 9.17) is 4.74 Å². The molecular weight excluding hydrogens is 294 g/mol. The zero-order chi connectivity index (χ0) is 13.5. The van der Waals surface area contributed by atoms with Crippen molar-refractivity contribution in [2.75, 3.05) is 6.61 Å². The van der Waals surface area contributed by atoms with Gasteiger partial charge < -0.3 is 10.1 Å². The lowest BCUT2D eigenvalue weighted by molar-refractivity contribution is -0.143. The second-order valence-corrected chi connectivity index (χ2v) is 5.17. The van der Waals surface area contributed by atoms with Crippen LogP contribution in [0.5, 0.6) is 0 Å². The van der Waals surface area contributed by atoms with E-state index in [1.165, 1.54) is 5.56 Å². The molecule has 18 heavy (non-hydrogen) atoms. The predicted molar refractivity (Wildman–Crippen MR) is 76.4 cm³/mol. The van der Waals surface area contributed by atoms with Crippen molar-refractivity contribution < 1.29 is 9.53 Å². The van der Waals surface area contributed by atoms with Crippen LogP contribution >= 0.6 is 15.9 Å². The van der Waals surface area contributed by atoms with Gasteiger partial charge >= 0.3 is 5.97 Å². The highest BCUT2D eigenvalue weighted by Gasteiger charge is 2.14. The summed E-state index contributed by atoms with van der Waals surface area (Å²) < 4.78 is 6.01. The minimum atomic E-state index is -0.156. The Bertz CT molecular complexity index is 395. The van der Waals surface area contributed by atoms with Crippen LogP contribution in [-0.4, -0.2) is 18.6 Å². The van der Waals surface area contributed by atoms with Gasteiger partial charge in [-0.1, -0.05) is 34.1 Å². The van der Waals surface area contributed by atoms with Crippen LogP contribution in [0, 0.1) is 0 Å². The van der Waals surface area contributed by atoms with E-state index in [1.54, 1.807) is 0 Å². The zero-order valence-electron chi connectivity index (χ0n) is 11.1. The lowest BCUT2D eigenvalue weighted by Crippen LogP contribution is -2.31. The molecule has 0 fully saturated rings. The average molecular weight is 314 g/mol. The number of rotatable bonds is 6. The van der Waals surface area contributed by atoms with Crippen molar-refractivity contribution in [2.24, 2.45) is 0 Å². The SMILES string of the molecule is CCOC(=O)CC(C)N[C@@H](C)c1ccccc1Br. The monoisotopic (exact) mass is 313 g/mol. The van der Waals surface area contributed by atoms with Crippen LogP contribution in [0.4, 0.5) is 0 Å². The molecule has 1 aromatic carbocycles. The number of esters is 1. The molecule has 0 aliphatic heterocycles. The summed E-state index contributed by atoms with van der Waals surface area (Å²) in [6, 6.07) is 8.36. The molecule has 0 saturated heterocycles. The molecule has 0 aliphatic rings. The van der Waals surface area contributed by atoms with Crippen molar-refractivity contribution in [3.05, 3.63) is 34.3 Å². The number of halogens is 1. The van der Waals surface area contributed by atoms with E-state index in [2.05, 4.69) is 34.2 Å². The Hall–Kier alpha value is -0.870. The minimum absolute atomic E-state index is 0.0890. The van der Waals surface area contributed by atoms with Gasteiger partial charge in [-0.3, -0.25) is 4.79 Å². The summed E-state index contributed by atoms with van der Waals surface area (Å²) in [5, 5.41) is 3.40. The Labute approximate surface area is 117 Å². The predicted octanol–water partition coefficient (Wildman–Crippen LogP) is 3.44. The lowest BCUT2D eigenvalue weighted by Gasteiger charge is -2.20. The van der Waals surface area contributed by atoms with Crippen LogP contribution in [0.25, 0.3) is 0 Å². The maximum atomic E-state index is 11.4. The molecule has 0 heterocycles. The van der Waals surface area contributed by atoms with Gasteiger partial charge in [0, 0.05) is 16.6 Å². The molecule has 0 bridgehead atoms. The molecule has 1 N–H and O–H groups in total. The van der Waals surface area contributed by atoms with Gasteiger partial charge in [-0.05, 0) is 32.4 Å². The smallest absolute Gasteiger partial charge is 0.307 e. The zero-order valence-corrected chi connectivity index (χ0v) is 12.7. The first-order valence-electron chi connectivity index (χ1n) is 6.20. The second kappa shape index (κ2) is 7.54. The molecule has 1 rings (SSSR count). The van der Waals surface area contributed by atoms with Gasteiger partial charge in [-0.2, -0.15) is 0 Å². The van der Waals surface area contributed by atoms with E-state index in [0.717, 1.165) is 4.47 Å². The maximum absolute atomic E-state index is 11.4. The third kappa shape index (κ3) is 4.78. The minimum Gasteiger partial charge on any atom is -0.466 e. The molecule has 0 aromatic heterocycles. The van der Waals surface area contributed by atoms with Gasteiger partial charge in [0.15, 0.2) is 0 Å². The van der Waals surface area contributed by atoms with Crippen molar-refractivity contribution in [3.63, 3.8) is 0 Å². The van der Waals surface area contributed by atoms with Crippen molar-refractivity contribution in [2.45, 2.75) is 39.3 Å². The van der Waals surface area contributed by atoms with Gasteiger partial charge in [0.1, 0.15) is 0 Å². The van der Waals surface area contributed by atoms with Gasteiger partial charge in [0.25, 0.3) is 0 Å². The van der Waals surface area contributed by atoms with Crippen LogP contribution in [-0.2, 0) is 9.53 Å². The number of benzene rings is 1. The standard InChI is InChI=1S/C14H20BrNO2/c1-4-18-14(17)9-10(2)16-11(3)12-7-5-6-8-13(12)15/h5-8,10-11,16H,4,9H2,1-3H3/t10?,11-/m0/s1. The van der Waals surface area contributed by atoms with Crippen LogP contribution in [0.15, 0.2) is 28.7 Å². The van der Waals surface area contributed by atoms with Gasteiger partial charge in [-0.25, -0.2) is 0 Å². The molecule has 3 nitrogen and oxygen atoms in total. The topological polar surface area (TPSA) is 38.3 Å². The molecule has 1 unspecified atom stereocenters. The molecular formula is C14H20BrNO2. The van der Waals surface area contributed by atoms with Gasteiger partial charge in [0.05, 0.1) is 13.0 Å². The summed E-state index contributed by atoms with van der Waals surface area (Å²) in [5.74, 6) is -0.156. The van der Waals surface area contributed by atoms with Crippen molar-refractivity contribution in [3.8, 4) is 0 Å². The van der Waals surface area contributed by atoms with Crippen molar-refractivity contribution in [1.82, 2.24) is 5.32 Å². The highest BCUT2D eigenvalue weighted by molar-refractivity contribution is 9.10. The first kappa shape index (κ1) is 15.2. The first-order valence-corrected chi connectivity index (χ1v) is 7.00. The molecule has 0 spiro atoms. The number of carbonyl (C=O) groups is 1. The molecule has 2 atom stereocenters. The Morgan fingerprint density at radius 3 is 2.67 bits per heavy atom. The van der Waals surface area contributed by atoms with E-state index in [0.29, 0.717) is 13.0 Å². The normalized spacial score (nSPS) is 14.0. The van der Waals surface area contributed by atoms with Gasteiger partial charge in [0.2, 0.25) is 0 Å². The fourth-order valence-corrected chi connectivity index (χ4v) is 2.50. The number of carbonyl (C=O) groups excluding carboxylic acids is 1. The van der Waals surface area contributed by atoms with Crippen LogP contribution in [0.3, 0.4) is 0 Å². The van der Waals surface area contributed by atoms with E-state index >= 15 is 0 Å². The van der Waals surface area contributed by atoms with Crippen LogP contribution in [0.1, 0.15) is 38.8 Å². The summed E-state index contributed by atoms with van der Waals surface area (Å²) in [4.78, 5) is 11.4. The first-order chi connectivity index (χ1) is 8.54. The van der Waals surface area contributed by atoms with Crippen molar-refractivity contribution in [1.29, 1.82) is 0 Å². The van der Waals surface area contributed by atoms with E-state index < -0.39 is 0 Å². The summed E-state index contributed by atoms with van der Waals surface area (Å²) in [5.41, 5.74) is 1.19. The molecule has 1 aromatic rings. The number of ether oxygens (including phenoxy) is 1. The average Bonchev–Trinajstić information content (AvgIpc) is 2.29. The quantitative estimate of drug-likeness (QED) is 0.818. The lowest BCUT2D eigenvalue weighted by atomic mass is 10.1. The fraction of sp³-hybridized carbons (Fsp3) is 0.500. The number of nitrogens with one attached hydrogen (secondary N) is 1. The highest BCUT2D eigenvalue weighted by Crippen LogP contribution is 2.23. The second-order valence-electron chi connectivity index (χ2n) is 4.32.